The standard InChI is InChI=1S/C6H13FN2/c1-8-6-2-4-9(7)5-3-6/h6,8H,2-5H2,1H3. The molecule has 0 bridgehead atoms. The van der Waals surface area contributed by atoms with E-state index in [2.05, 4.69) is 5.32 Å². The highest BCUT2D eigenvalue weighted by atomic mass is 19.2. The van der Waals surface area contributed by atoms with Gasteiger partial charge in [0.15, 0.2) is 0 Å². The smallest absolute Gasteiger partial charge is 0.0305 e. The second kappa shape index (κ2) is 3.13. The molecule has 0 amide bonds. The number of nitrogens with one attached hydrogen (secondary N) is 1. The van der Waals surface area contributed by atoms with Crippen LogP contribution < -0.4 is 5.32 Å². The van der Waals surface area contributed by atoms with Crippen LogP contribution in [0.15, 0.2) is 0 Å². The Bertz CT molecular complexity index is 79.1. The Labute approximate surface area is 55.0 Å². The van der Waals surface area contributed by atoms with Gasteiger partial charge in [0, 0.05) is 19.1 Å². The fourth-order valence-electron chi connectivity index (χ4n) is 1.14. The maximum absolute atomic E-state index is 12.3. The Balaban J connectivity index is 2.18. The molecule has 2 nitrogen and oxygen atoms in total. The number of hydrogen-bond acceptors (Lipinski definition) is 2. The molecule has 0 spiro atoms. The molecule has 0 aromatic rings. The Morgan fingerprint density at radius 2 is 2.00 bits per heavy atom. The van der Waals surface area contributed by atoms with E-state index in [0.29, 0.717) is 19.1 Å². The van der Waals surface area contributed by atoms with E-state index in [1.54, 1.807) is 0 Å². The predicted octanol–water partition coefficient (Wildman–Crippen LogP) is 0.555. The summed E-state index contributed by atoms with van der Waals surface area (Å²) >= 11 is 0. The second-order valence-corrected chi connectivity index (χ2v) is 2.47. The lowest BCUT2D eigenvalue weighted by Gasteiger charge is -2.24. The normalized spacial score (nSPS) is 24.7. The molecule has 1 aliphatic rings. The molecule has 1 fully saturated rings. The number of rotatable bonds is 1. The van der Waals surface area contributed by atoms with Crippen molar-refractivity contribution >= 4 is 0 Å². The van der Waals surface area contributed by atoms with Crippen molar-refractivity contribution in [2.75, 3.05) is 20.1 Å². The lowest BCUT2D eigenvalue weighted by molar-refractivity contribution is -0.00146. The summed E-state index contributed by atoms with van der Waals surface area (Å²) in [6.07, 6.45) is 1.88. The monoisotopic (exact) mass is 132 g/mol. The zero-order valence-corrected chi connectivity index (χ0v) is 5.73. The van der Waals surface area contributed by atoms with Crippen molar-refractivity contribution < 1.29 is 4.48 Å². The average molecular weight is 132 g/mol. The van der Waals surface area contributed by atoms with Crippen LogP contribution in [0.4, 0.5) is 4.48 Å². The van der Waals surface area contributed by atoms with Crippen molar-refractivity contribution in [2.24, 2.45) is 0 Å². The molecule has 54 valence electrons. The Morgan fingerprint density at radius 1 is 1.44 bits per heavy atom. The van der Waals surface area contributed by atoms with Gasteiger partial charge in [0.05, 0.1) is 0 Å². The van der Waals surface area contributed by atoms with Crippen LogP contribution in [0.2, 0.25) is 0 Å². The third-order valence-electron chi connectivity index (χ3n) is 1.85. The molecular formula is C6H13FN2. The summed E-state index contributed by atoms with van der Waals surface area (Å²) in [6.45, 7) is 1.18. The summed E-state index contributed by atoms with van der Waals surface area (Å²) in [6, 6.07) is 0.539. The van der Waals surface area contributed by atoms with Crippen LogP contribution >= 0.6 is 0 Å². The highest BCUT2D eigenvalue weighted by molar-refractivity contribution is 4.71. The molecule has 1 N–H and O–H groups in total. The van der Waals surface area contributed by atoms with Gasteiger partial charge >= 0.3 is 0 Å². The first kappa shape index (κ1) is 6.96. The highest BCUT2D eigenvalue weighted by Gasteiger charge is 2.16. The van der Waals surface area contributed by atoms with Crippen molar-refractivity contribution in [2.45, 2.75) is 18.9 Å². The van der Waals surface area contributed by atoms with Gasteiger partial charge in [-0.1, -0.05) is 0 Å². The van der Waals surface area contributed by atoms with Crippen LogP contribution in [-0.4, -0.2) is 31.3 Å². The van der Waals surface area contributed by atoms with Crippen LogP contribution in [0, 0.1) is 0 Å². The summed E-state index contributed by atoms with van der Waals surface area (Å²) in [5.74, 6) is 0. The van der Waals surface area contributed by atoms with E-state index in [4.69, 9.17) is 0 Å². The highest BCUT2D eigenvalue weighted by Crippen LogP contribution is 2.08. The van der Waals surface area contributed by atoms with E-state index < -0.39 is 0 Å². The number of piperidine rings is 1. The zero-order chi connectivity index (χ0) is 6.69. The van der Waals surface area contributed by atoms with Crippen molar-refractivity contribution in [1.29, 1.82) is 0 Å². The summed E-state index contributed by atoms with van der Waals surface area (Å²) < 4.78 is 12.3. The van der Waals surface area contributed by atoms with Crippen molar-refractivity contribution in [1.82, 2.24) is 10.4 Å². The van der Waals surface area contributed by atoms with E-state index in [0.717, 1.165) is 18.0 Å². The molecule has 0 aromatic carbocycles. The van der Waals surface area contributed by atoms with Gasteiger partial charge in [0.25, 0.3) is 0 Å². The summed E-state index contributed by atoms with van der Waals surface area (Å²) in [5.41, 5.74) is 0. The Hall–Kier alpha value is -0.150. The first-order valence-corrected chi connectivity index (χ1v) is 3.41. The van der Waals surface area contributed by atoms with E-state index in [-0.39, 0.29) is 0 Å². The van der Waals surface area contributed by atoms with Crippen LogP contribution in [0.5, 0.6) is 0 Å². The third kappa shape index (κ3) is 1.91. The minimum Gasteiger partial charge on any atom is -0.317 e. The summed E-state index contributed by atoms with van der Waals surface area (Å²) in [5, 5.41) is 4.01. The van der Waals surface area contributed by atoms with Gasteiger partial charge < -0.3 is 5.32 Å². The minimum atomic E-state index is 0.539. The molecule has 9 heavy (non-hydrogen) atoms. The van der Waals surface area contributed by atoms with Gasteiger partial charge in [-0.2, -0.15) is 0 Å². The van der Waals surface area contributed by atoms with Crippen LogP contribution in [0.3, 0.4) is 0 Å². The summed E-state index contributed by atoms with van der Waals surface area (Å²) in [7, 11) is 1.93. The third-order valence-corrected chi connectivity index (χ3v) is 1.85. The topological polar surface area (TPSA) is 15.3 Å². The van der Waals surface area contributed by atoms with E-state index in [1.165, 1.54) is 0 Å². The predicted molar refractivity (Wildman–Crippen MR) is 34.8 cm³/mol. The van der Waals surface area contributed by atoms with Gasteiger partial charge in [-0.3, -0.25) is 0 Å². The quantitative estimate of drug-likeness (QED) is 0.524. The van der Waals surface area contributed by atoms with E-state index in [1.807, 2.05) is 7.05 Å². The van der Waals surface area contributed by atoms with Crippen LogP contribution in [-0.2, 0) is 0 Å². The first-order valence-electron chi connectivity index (χ1n) is 3.41. The molecule has 0 aliphatic carbocycles. The Morgan fingerprint density at radius 3 is 2.44 bits per heavy atom. The molecule has 1 heterocycles. The average Bonchev–Trinajstić information content (AvgIpc) is 1.90. The van der Waals surface area contributed by atoms with Gasteiger partial charge in [-0.15, -0.1) is 9.60 Å². The maximum Gasteiger partial charge on any atom is 0.0305 e. The molecular weight excluding hydrogens is 119 g/mol. The molecule has 1 aliphatic heterocycles. The number of nitrogens with zero attached hydrogens (tertiary/aromatic N) is 1. The minimum absolute atomic E-state index is 0.539. The fourth-order valence-corrected chi connectivity index (χ4v) is 1.14. The first-order chi connectivity index (χ1) is 4.33. The van der Waals surface area contributed by atoms with Gasteiger partial charge in [-0.05, 0) is 19.9 Å². The molecule has 0 unspecified atom stereocenters. The number of hydrogen-bond donors (Lipinski definition) is 1. The second-order valence-electron chi connectivity index (χ2n) is 2.47. The Kier molecular flexibility index (Phi) is 2.42. The zero-order valence-electron chi connectivity index (χ0n) is 5.73. The largest absolute Gasteiger partial charge is 0.317 e. The van der Waals surface area contributed by atoms with Gasteiger partial charge in [0.1, 0.15) is 0 Å². The van der Waals surface area contributed by atoms with Crippen LogP contribution in [0.25, 0.3) is 0 Å². The van der Waals surface area contributed by atoms with Gasteiger partial charge in [0.2, 0.25) is 0 Å². The van der Waals surface area contributed by atoms with Gasteiger partial charge in [-0.25, -0.2) is 0 Å². The summed E-state index contributed by atoms with van der Waals surface area (Å²) in [4.78, 5) is 0. The molecule has 1 saturated heterocycles. The maximum atomic E-state index is 12.3. The fraction of sp³-hybridized carbons (Fsp3) is 1.00. The van der Waals surface area contributed by atoms with E-state index in [9.17, 15) is 4.48 Å². The molecule has 0 saturated carbocycles. The molecule has 3 heteroatoms. The lowest BCUT2D eigenvalue weighted by Crippen LogP contribution is -2.37. The lowest BCUT2D eigenvalue weighted by atomic mass is 10.1. The molecule has 0 radical (unpaired) electrons. The molecule has 0 atom stereocenters. The molecule has 1 rings (SSSR count). The number of halogens is 1. The SMILES string of the molecule is CNC1CCN(F)CC1. The van der Waals surface area contributed by atoms with Crippen LogP contribution in [0.1, 0.15) is 12.8 Å². The van der Waals surface area contributed by atoms with Crippen molar-refractivity contribution in [3.8, 4) is 0 Å². The molecule has 0 aromatic heterocycles. The van der Waals surface area contributed by atoms with E-state index >= 15 is 0 Å². The van der Waals surface area contributed by atoms with Crippen molar-refractivity contribution in [3.05, 3.63) is 0 Å². The van der Waals surface area contributed by atoms with Crippen molar-refractivity contribution in [3.63, 3.8) is 0 Å².